The van der Waals surface area contributed by atoms with Crippen LogP contribution in [0.4, 0.5) is 13.2 Å². The van der Waals surface area contributed by atoms with E-state index in [1.54, 1.807) is 0 Å². The van der Waals surface area contributed by atoms with Crippen molar-refractivity contribution in [2.45, 2.75) is 26.1 Å². The zero-order valence-electron chi connectivity index (χ0n) is 8.78. The Morgan fingerprint density at radius 2 is 1.38 bits per heavy atom. The van der Waals surface area contributed by atoms with Crippen LogP contribution in [0, 0.1) is 0 Å². The van der Waals surface area contributed by atoms with E-state index in [0.29, 0.717) is 0 Å². The predicted molar refractivity (Wildman–Crippen MR) is 49.7 cm³/mol. The molecule has 0 fully saturated rings. The first-order valence-electron chi connectivity index (χ1n) is 3.86. The van der Waals surface area contributed by atoms with E-state index in [1.165, 1.54) is 0 Å². The lowest BCUT2D eigenvalue weighted by molar-refractivity contribution is -0.145. The number of hydrogen-bond acceptors (Lipinski definition) is 4. The van der Waals surface area contributed by atoms with Gasteiger partial charge in [-0.3, -0.25) is 9.59 Å². The fraction of sp³-hybridized carbons (Fsp3) is 0.714. The second kappa shape index (κ2) is 10.2. The van der Waals surface area contributed by atoms with Gasteiger partial charge < -0.3 is 21.7 Å². The molecule has 0 spiro atoms. The summed E-state index contributed by atoms with van der Waals surface area (Å²) < 4.78 is 33.7. The topological polar surface area (TPSA) is 127 Å². The van der Waals surface area contributed by atoms with Crippen LogP contribution in [0.3, 0.4) is 0 Å². The minimum absolute atomic E-state index is 0.552. The normalized spacial score (nSPS) is 11.2. The van der Waals surface area contributed by atoms with Gasteiger partial charge in [0.05, 0.1) is 0 Å². The van der Waals surface area contributed by atoms with Gasteiger partial charge in [0.25, 0.3) is 11.9 Å². The molecule has 0 saturated heterocycles. The van der Waals surface area contributed by atoms with Crippen molar-refractivity contribution >= 4 is 11.9 Å². The molecule has 1 atom stereocenters. The Hall–Kier alpha value is -1.35. The molecule has 0 aliphatic carbocycles. The van der Waals surface area contributed by atoms with Gasteiger partial charge in [0.2, 0.25) is 0 Å². The van der Waals surface area contributed by atoms with Crippen molar-refractivity contribution in [3.05, 3.63) is 0 Å². The molecular weight excluding hydrogens is 233 g/mol. The molecule has 0 aromatic heterocycles. The summed E-state index contributed by atoms with van der Waals surface area (Å²) in [6.45, 7) is 1.61. The highest BCUT2D eigenvalue weighted by atomic mass is 19.4. The van der Waals surface area contributed by atoms with Crippen LogP contribution in [0.15, 0.2) is 0 Å². The van der Waals surface area contributed by atoms with E-state index < -0.39 is 30.7 Å². The number of aliphatic carboxylic acids is 2. The van der Waals surface area contributed by atoms with Crippen LogP contribution in [-0.4, -0.2) is 40.9 Å². The van der Waals surface area contributed by atoms with Gasteiger partial charge in [-0.25, -0.2) is 0 Å². The smallest absolute Gasteiger partial charge is 0.404 e. The summed E-state index contributed by atoms with van der Waals surface area (Å²) in [6, 6.07) is -1.87. The standard InChI is InChI=1S/C3H7F3N2.2C2H4O2/c4-3(5,6)2(8)1-7;2*1-2(3)4/h2H,1,7-8H2;2*1H3,(H,3,4)/t2-;;/m0../s1. The summed E-state index contributed by atoms with van der Waals surface area (Å²) in [7, 11) is 0. The Kier molecular flexibility index (Phi) is 12.8. The first kappa shape index (κ1) is 20.1. The molecular formula is C7H15F3N2O4. The van der Waals surface area contributed by atoms with Crippen molar-refractivity contribution in [3.8, 4) is 0 Å². The van der Waals surface area contributed by atoms with Crippen LogP contribution in [0.1, 0.15) is 13.8 Å². The highest BCUT2D eigenvalue weighted by molar-refractivity contribution is 5.63. The van der Waals surface area contributed by atoms with Crippen LogP contribution in [0.25, 0.3) is 0 Å². The molecule has 98 valence electrons. The molecule has 0 aliphatic heterocycles. The molecule has 0 aromatic carbocycles. The summed E-state index contributed by atoms with van der Waals surface area (Å²) in [5, 5.41) is 14.8. The largest absolute Gasteiger partial charge is 0.481 e. The van der Waals surface area contributed by atoms with Gasteiger partial charge in [0.1, 0.15) is 6.04 Å². The molecule has 0 aromatic rings. The van der Waals surface area contributed by atoms with E-state index in [4.69, 9.17) is 19.8 Å². The number of hydrogen-bond donors (Lipinski definition) is 4. The van der Waals surface area contributed by atoms with Gasteiger partial charge in [-0.15, -0.1) is 0 Å². The van der Waals surface area contributed by atoms with Gasteiger partial charge >= 0.3 is 6.18 Å². The molecule has 0 radical (unpaired) electrons. The highest BCUT2D eigenvalue weighted by Crippen LogP contribution is 2.16. The maximum Gasteiger partial charge on any atom is 0.404 e. The molecule has 0 rings (SSSR count). The summed E-state index contributed by atoms with van der Waals surface area (Å²) in [4.78, 5) is 18.0. The highest BCUT2D eigenvalue weighted by Gasteiger charge is 2.35. The Morgan fingerprint density at radius 3 is 1.38 bits per heavy atom. The fourth-order valence-corrected chi connectivity index (χ4v) is 0.134. The molecule has 9 heteroatoms. The Labute approximate surface area is 90.0 Å². The summed E-state index contributed by atoms with van der Waals surface area (Å²) in [6.07, 6.45) is -4.34. The Bertz CT molecular complexity index is 188. The average Bonchev–Trinajstić information content (AvgIpc) is 1.98. The number of rotatable bonds is 1. The van der Waals surface area contributed by atoms with Crippen LogP contribution < -0.4 is 11.5 Å². The van der Waals surface area contributed by atoms with E-state index in [0.717, 1.165) is 13.8 Å². The van der Waals surface area contributed by atoms with Gasteiger partial charge in [-0.1, -0.05) is 0 Å². The lowest BCUT2D eigenvalue weighted by Crippen LogP contribution is -2.43. The van der Waals surface area contributed by atoms with E-state index in [9.17, 15) is 13.2 Å². The maximum absolute atomic E-state index is 11.2. The van der Waals surface area contributed by atoms with Crippen LogP contribution >= 0.6 is 0 Å². The van der Waals surface area contributed by atoms with Gasteiger partial charge in [-0.2, -0.15) is 13.2 Å². The van der Waals surface area contributed by atoms with Crippen LogP contribution in [0.2, 0.25) is 0 Å². The van der Waals surface area contributed by atoms with Gasteiger partial charge in [0.15, 0.2) is 0 Å². The predicted octanol–water partition coefficient (Wildman–Crippen LogP) is 0.0165. The van der Waals surface area contributed by atoms with Crippen molar-refractivity contribution < 1.29 is 33.0 Å². The quantitative estimate of drug-likeness (QED) is 0.518. The third-order valence-electron chi connectivity index (χ3n) is 0.674. The zero-order valence-corrected chi connectivity index (χ0v) is 8.78. The lowest BCUT2D eigenvalue weighted by atomic mass is 10.3. The molecule has 0 unspecified atom stereocenters. The Balaban J connectivity index is -0.000000179. The number of carboxylic acid groups (broad SMARTS) is 2. The van der Waals surface area contributed by atoms with Gasteiger partial charge in [0, 0.05) is 20.4 Å². The SMILES string of the molecule is CC(=O)O.CC(=O)O.NC[C@H](N)C(F)(F)F. The van der Waals surface area contributed by atoms with Crippen molar-refractivity contribution in [1.82, 2.24) is 0 Å². The monoisotopic (exact) mass is 248 g/mol. The maximum atomic E-state index is 11.2. The second-order valence-electron chi connectivity index (χ2n) is 2.42. The molecule has 6 N–H and O–H groups in total. The summed E-state index contributed by atoms with van der Waals surface area (Å²) in [5.74, 6) is -1.67. The van der Waals surface area contributed by atoms with Crippen molar-refractivity contribution in [2.75, 3.05) is 6.54 Å². The Morgan fingerprint density at radius 1 is 1.19 bits per heavy atom. The van der Waals surface area contributed by atoms with Crippen LogP contribution in [0.5, 0.6) is 0 Å². The van der Waals surface area contributed by atoms with Crippen molar-refractivity contribution in [1.29, 1.82) is 0 Å². The lowest BCUT2D eigenvalue weighted by Gasteiger charge is -2.11. The molecule has 0 amide bonds. The molecule has 0 bridgehead atoms. The third kappa shape index (κ3) is 38.8. The van der Waals surface area contributed by atoms with Crippen molar-refractivity contribution in [3.63, 3.8) is 0 Å². The third-order valence-corrected chi connectivity index (χ3v) is 0.674. The second-order valence-corrected chi connectivity index (χ2v) is 2.42. The van der Waals surface area contributed by atoms with Gasteiger partial charge in [-0.05, 0) is 0 Å². The molecule has 0 saturated carbocycles. The summed E-state index contributed by atoms with van der Waals surface area (Å²) in [5.41, 5.74) is 9.11. The molecule has 0 aliphatic rings. The zero-order chi connectivity index (χ0) is 13.9. The van der Waals surface area contributed by atoms with Crippen LogP contribution in [-0.2, 0) is 9.59 Å². The summed E-state index contributed by atoms with van der Waals surface area (Å²) >= 11 is 0. The number of alkyl halides is 3. The number of carbonyl (C=O) groups is 2. The number of nitrogens with two attached hydrogens (primary N) is 2. The number of carboxylic acids is 2. The average molecular weight is 248 g/mol. The first-order chi connectivity index (χ1) is 6.95. The minimum Gasteiger partial charge on any atom is -0.481 e. The minimum atomic E-state index is -4.34. The number of halogens is 3. The molecule has 0 heterocycles. The molecule has 6 nitrogen and oxygen atoms in total. The molecule has 16 heavy (non-hydrogen) atoms. The van der Waals surface area contributed by atoms with E-state index in [1.807, 2.05) is 0 Å². The van der Waals surface area contributed by atoms with E-state index in [-0.39, 0.29) is 0 Å². The van der Waals surface area contributed by atoms with E-state index in [2.05, 4.69) is 11.5 Å². The van der Waals surface area contributed by atoms with E-state index >= 15 is 0 Å². The van der Waals surface area contributed by atoms with Crippen molar-refractivity contribution in [2.24, 2.45) is 11.5 Å². The fourth-order valence-electron chi connectivity index (χ4n) is 0.134. The first-order valence-corrected chi connectivity index (χ1v) is 3.86.